The zero-order chi connectivity index (χ0) is 14.5. The molecule has 0 heterocycles. The van der Waals surface area contributed by atoms with Crippen molar-refractivity contribution in [1.82, 2.24) is 0 Å². The largest absolute Gasteiger partial charge is 0.493 e. The van der Waals surface area contributed by atoms with Crippen molar-refractivity contribution in [2.75, 3.05) is 6.61 Å². The highest BCUT2D eigenvalue weighted by molar-refractivity contribution is 6.30. The summed E-state index contributed by atoms with van der Waals surface area (Å²) in [5.74, 6) is 0.210. The molecule has 0 amide bonds. The first-order chi connectivity index (χ1) is 9.61. The Morgan fingerprint density at radius 3 is 2.70 bits per heavy atom. The normalized spacial score (nSPS) is 12.2. The molecule has 106 valence electrons. The summed E-state index contributed by atoms with van der Waals surface area (Å²) < 4.78 is 19.2. The van der Waals surface area contributed by atoms with Gasteiger partial charge in [0.15, 0.2) is 0 Å². The van der Waals surface area contributed by atoms with Crippen molar-refractivity contribution in [1.29, 1.82) is 0 Å². The van der Waals surface area contributed by atoms with E-state index in [0.29, 0.717) is 28.5 Å². The van der Waals surface area contributed by atoms with E-state index < -0.39 is 11.9 Å². The quantitative estimate of drug-likeness (QED) is 0.897. The smallest absolute Gasteiger partial charge is 0.127 e. The summed E-state index contributed by atoms with van der Waals surface area (Å²) in [5, 5.41) is 10.6. The Bertz CT molecular complexity index is 586. The number of hydrogen-bond donors (Lipinski definition) is 1. The van der Waals surface area contributed by atoms with Crippen molar-refractivity contribution in [3.8, 4) is 5.75 Å². The summed E-state index contributed by atoms with van der Waals surface area (Å²) in [6, 6.07) is 11.7. The number of ether oxygens (including phenoxy) is 1. The Labute approximate surface area is 122 Å². The summed E-state index contributed by atoms with van der Waals surface area (Å²) in [5.41, 5.74) is 1.08. The molecule has 0 saturated carbocycles. The zero-order valence-corrected chi connectivity index (χ0v) is 11.9. The van der Waals surface area contributed by atoms with Crippen LogP contribution in [-0.4, -0.2) is 11.7 Å². The number of halogens is 2. The second kappa shape index (κ2) is 6.73. The maximum Gasteiger partial charge on any atom is 0.127 e. The lowest BCUT2D eigenvalue weighted by Crippen LogP contribution is -2.06. The molecule has 1 unspecified atom stereocenters. The fourth-order valence-corrected chi connectivity index (χ4v) is 2.21. The van der Waals surface area contributed by atoms with Gasteiger partial charge in [-0.3, -0.25) is 0 Å². The first kappa shape index (κ1) is 14.8. The van der Waals surface area contributed by atoms with Crippen LogP contribution < -0.4 is 4.74 Å². The molecule has 0 aromatic heterocycles. The van der Waals surface area contributed by atoms with Gasteiger partial charge in [-0.1, -0.05) is 35.9 Å². The van der Waals surface area contributed by atoms with Gasteiger partial charge in [0.25, 0.3) is 0 Å². The summed E-state index contributed by atoms with van der Waals surface area (Å²) in [4.78, 5) is 0. The molecule has 0 aliphatic carbocycles. The van der Waals surface area contributed by atoms with Gasteiger partial charge in [0.2, 0.25) is 0 Å². The Morgan fingerprint density at radius 2 is 2.00 bits per heavy atom. The highest BCUT2D eigenvalue weighted by Crippen LogP contribution is 2.28. The minimum Gasteiger partial charge on any atom is -0.493 e. The molecule has 0 bridgehead atoms. The molecule has 0 radical (unpaired) electrons. The van der Waals surface area contributed by atoms with Gasteiger partial charge in [-0.2, -0.15) is 0 Å². The van der Waals surface area contributed by atoms with Crippen LogP contribution in [0.3, 0.4) is 0 Å². The van der Waals surface area contributed by atoms with Crippen LogP contribution in [0.5, 0.6) is 5.75 Å². The van der Waals surface area contributed by atoms with E-state index in [1.807, 2.05) is 19.1 Å². The summed E-state index contributed by atoms with van der Waals surface area (Å²) in [6.45, 7) is 2.39. The van der Waals surface area contributed by atoms with E-state index in [0.717, 1.165) is 0 Å². The minimum atomic E-state index is -0.826. The van der Waals surface area contributed by atoms with Gasteiger partial charge in [-0.25, -0.2) is 4.39 Å². The van der Waals surface area contributed by atoms with E-state index in [1.165, 1.54) is 6.07 Å². The Kier molecular flexibility index (Phi) is 4.99. The number of para-hydroxylation sites is 1. The number of aliphatic hydroxyl groups is 1. The molecular formula is C16H16ClFO2. The monoisotopic (exact) mass is 294 g/mol. The second-order valence-corrected chi connectivity index (χ2v) is 4.86. The van der Waals surface area contributed by atoms with Crippen LogP contribution in [0.1, 0.15) is 24.2 Å². The Balaban J connectivity index is 2.21. The molecule has 1 N–H and O–H groups in total. The molecule has 0 spiro atoms. The van der Waals surface area contributed by atoms with Crippen LogP contribution in [0.2, 0.25) is 5.02 Å². The fraction of sp³-hybridized carbons (Fsp3) is 0.250. The molecule has 0 saturated heterocycles. The molecule has 0 aliphatic rings. The number of aliphatic hydroxyl groups excluding tert-OH is 1. The van der Waals surface area contributed by atoms with E-state index in [-0.39, 0.29) is 6.42 Å². The predicted octanol–water partition coefficient (Wildman–Crippen LogP) is 4.15. The standard InChI is InChI=1S/C16H16ClFO2/c1-2-20-16-6-4-3-5-13(16)15(19)9-11-7-8-12(17)10-14(11)18/h3-8,10,15,19H,2,9H2,1H3. The van der Waals surface area contributed by atoms with Crippen molar-refractivity contribution in [2.45, 2.75) is 19.4 Å². The van der Waals surface area contributed by atoms with Crippen LogP contribution in [0.15, 0.2) is 42.5 Å². The number of hydrogen-bond acceptors (Lipinski definition) is 2. The number of rotatable bonds is 5. The van der Waals surface area contributed by atoms with E-state index in [1.54, 1.807) is 24.3 Å². The van der Waals surface area contributed by atoms with Crippen molar-refractivity contribution in [3.05, 3.63) is 64.4 Å². The maximum atomic E-state index is 13.7. The highest BCUT2D eigenvalue weighted by atomic mass is 35.5. The summed E-state index contributed by atoms with van der Waals surface area (Å²) in [6.07, 6.45) is -0.652. The van der Waals surface area contributed by atoms with E-state index >= 15 is 0 Å². The molecule has 0 fully saturated rings. The van der Waals surface area contributed by atoms with Crippen LogP contribution in [0, 0.1) is 5.82 Å². The lowest BCUT2D eigenvalue weighted by Gasteiger charge is -2.16. The average Bonchev–Trinajstić information content (AvgIpc) is 2.43. The van der Waals surface area contributed by atoms with Gasteiger partial charge in [0, 0.05) is 17.0 Å². The number of benzene rings is 2. The van der Waals surface area contributed by atoms with Gasteiger partial charge >= 0.3 is 0 Å². The highest BCUT2D eigenvalue weighted by Gasteiger charge is 2.15. The van der Waals surface area contributed by atoms with E-state index in [4.69, 9.17) is 16.3 Å². The third kappa shape index (κ3) is 3.50. The third-order valence-corrected chi connectivity index (χ3v) is 3.24. The third-order valence-electron chi connectivity index (χ3n) is 3.01. The Morgan fingerprint density at radius 1 is 1.25 bits per heavy atom. The van der Waals surface area contributed by atoms with Crippen molar-refractivity contribution in [3.63, 3.8) is 0 Å². The predicted molar refractivity (Wildman–Crippen MR) is 77.7 cm³/mol. The molecule has 0 aliphatic heterocycles. The lowest BCUT2D eigenvalue weighted by molar-refractivity contribution is 0.171. The average molecular weight is 295 g/mol. The first-order valence-corrected chi connectivity index (χ1v) is 6.83. The van der Waals surface area contributed by atoms with Gasteiger partial charge in [0.1, 0.15) is 11.6 Å². The van der Waals surface area contributed by atoms with Crippen molar-refractivity contribution < 1.29 is 14.2 Å². The molecule has 1 atom stereocenters. The molecule has 2 nitrogen and oxygen atoms in total. The van der Waals surface area contributed by atoms with Crippen molar-refractivity contribution >= 4 is 11.6 Å². The Hall–Kier alpha value is -1.58. The zero-order valence-electron chi connectivity index (χ0n) is 11.1. The molecular weight excluding hydrogens is 279 g/mol. The van der Waals surface area contributed by atoms with Gasteiger partial charge < -0.3 is 9.84 Å². The second-order valence-electron chi connectivity index (χ2n) is 4.43. The van der Waals surface area contributed by atoms with Gasteiger partial charge in [-0.05, 0) is 30.7 Å². The van der Waals surface area contributed by atoms with Crippen LogP contribution >= 0.6 is 11.6 Å². The summed E-state index contributed by atoms with van der Waals surface area (Å²) >= 11 is 5.71. The molecule has 2 aromatic rings. The van der Waals surface area contributed by atoms with Crippen LogP contribution in [0.4, 0.5) is 4.39 Å². The van der Waals surface area contributed by atoms with Crippen LogP contribution in [-0.2, 0) is 6.42 Å². The molecule has 4 heteroatoms. The van der Waals surface area contributed by atoms with Gasteiger partial charge in [0.05, 0.1) is 12.7 Å². The van der Waals surface area contributed by atoms with Gasteiger partial charge in [-0.15, -0.1) is 0 Å². The van der Waals surface area contributed by atoms with Crippen LogP contribution in [0.25, 0.3) is 0 Å². The van der Waals surface area contributed by atoms with Crippen molar-refractivity contribution in [2.24, 2.45) is 0 Å². The lowest BCUT2D eigenvalue weighted by atomic mass is 10.0. The molecule has 2 rings (SSSR count). The first-order valence-electron chi connectivity index (χ1n) is 6.45. The topological polar surface area (TPSA) is 29.5 Å². The SMILES string of the molecule is CCOc1ccccc1C(O)Cc1ccc(Cl)cc1F. The fourth-order valence-electron chi connectivity index (χ4n) is 2.05. The van der Waals surface area contributed by atoms with E-state index in [2.05, 4.69) is 0 Å². The van der Waals surface area contributed by atoms with E-state index in [9.17, 15) is 9.50 Å². The summed E-state index contributed by atoms with van der Waals surface area (Å²) in [7, 11) is 0. The molecule has 20 heavy (non-hydrogen) atoms. The minimum absolute atomic E-state index is 0.174. The molecule has 2 aromatic carbocycles. The maximum absolute atomic E-state index is 13.7.